The normalized spacial score (nSPS) is 34.1. The van der Waals surface area contributed by atoms with Gasteiger partial charge in [0.25, 0.3) is 5.09 Å². The van der Waals surface area contributed by atoms with Crippen LogP contribution in [-0.4, -0.2) is 58.0 Å². The molecule has 8 nitrogen and oxygen atoms in total. The Hall–Kier alpha value is -0.960. The SMILES string of the molecule is O=[N+]([O-])O[C@H](CO)[C@H]1OC[C@H](O)[C@H]1O. The molecule has 3 N–H and O–H groups in total. The highest BCUT2D eigenvalue weighted by molar-refractivity contribution is 4.87. The van der Waals surface area contributed by atoms with Crippen LogP contribution in [0.2, 0.25) is 0 Å². The van der Waals surface area contributed by atoms with Crippen molar-refractivity contribution in [3.63, 3.8) is 0 Å². The number of nitrogens with zero attached hydrogens (tertiary/aromatic N) is 1. The van der Waals surface area contributed by atoms with Crippen LogP contribution in [0.1, 0.15) is 0 Å². The second-order valence-corrected chi connectivity index (χ2v) is 2.91. The van der Waals surface area contributed by atoms with Gasteiger partial charge in [-0.15, -0.1) is 10.1 Å². The largest absolute Gasteiger partial charge is 0.394 e. The summed E-state index contributed by atoms with van der Waals surface area (Å²) >= 11 is 0. The van der Waals surface area contributed by atoms with Gasteiger partial charge in [0.2, 0.25) is 0 Å². The molecule has 0 aromatic carbocycles. The van der Waals surface area contributed by atoms with E-state index in [0.29, 0.717) is 0 Å². The van der Waals surface area contributed by atoms with Gasteiger partial charge in [0.05, 0.1) is 13.2 Å². The maximum Gasteiger partial charge on any atom is 0.294 e. The minimum atomic E-state index is -1.29. The summed E-state index contributed by atoms with van der Waals surface area (Å²) in [7, 11) is 0. The molecule has 1 rings (SSSR count). The molecule has 0 spiro atoms. The van der Waals surface area contributed by atoms with E-state index in [0.717, 1.165) is 0 Å². The molecule has 0 aromatic heterocycles. The fourth-order valence-corrected chi connectivity index (χ4v) is 1.26. The standard InChI is InChI=1S/C6H11NO7/c8-1-4(14-7(11)12)6-5(10)3(9)2-13-6/h3-6,8-10H,1-2H2/t3-,4+,5+,6+/m0/s1. The molecule has 0 bridgehead atoms. The van der Waals surface area contributed by atoms with Crippen molar-refractivity contribution in [2.45, 2.75) is 24.4 Å². The van der Waals surface area contributed by atoms with Crippen LogP contribution in [0.5, 0.6) is 0 Å². The molecule has 82 valence electrons. The van der Waals surface area contributed by atoms with Crippen molar-refractivity contribution >= 4 is 0 Å². The predicted molar refractivity (Wildman–Crippen MR) is 40.7 cm³/mol. The summed E-state index contributed by atoms with van der Waals surface area (Å²) in [6.07, 6.45) is -4.76. The average molecular weight is 209 g/mol. The Balaban J connectivity index is 2.56. The molecule has 1 aliphatic rings. The number of ether oxygens (including phenoxy) is 1. The summed E-state index contributed by atoms with van der Waals surface area (Å²) in [6, 6.07) is 0. The van der Waals surface area contributed by atoms with Crippen LogP contribution >= 0.6 is 0 Å². The zero-order chi connectivity index (χ0) is 10.7. The number of aliphatic hydroxyl groups excluding tert-OH is 3. The van der Waals surface area contributed by atoms with E-state index in [1.54, 1.807) is 0 Å². The van der Waals surface area contributed by atoms with Gasteiger partial charge in [0.1, 0.15) is 18.3 Å². The lowest BCUT2D eigenvalue weighted by Gasteiger charge is -2.21. The zero-order valence-corrected chi connectivity index (χ0v) is 7.15. The summed E-state index contributed by atoms with van der Waals surface area (Å²) < 4.78 is 4.84. The van der Waals surface area contributed by atoms with Crippen molar-refractivity contribution in [1.82, 2.24) is 0 Å². The van der Waals surface area contributed by atoms with Crippen LogP contribution < -0.4 is 0 Å². The van der Waals surface area contributed by atoms with Gasteiger partial charge < -0.3 is 24.9 Å². The molecule has 1 fully saturated rings. The molecule has 14 heavy (non-hydrogen) atoms. The van der Waals surface area contributed by atoms with E-state index in [9.17, 15) is 15.2 Å². The van der Waals surface area contributed by atoms with Gasteiger partial charge in [-0.1, -0.05) is 0 Å². The van der Waals surface area contributed by atoms with Gasteiger partial charge in [0.15, 0.2) is 6.10 Å². The molecule has 0 radical (unpaired) electrons. The van der Waals surface area contributed by atoms with Gasteiger partial charge >= 0.3 is 0 Å². The van der Waals surface area contributed by atoms with E-state index in [-0.39, 0.29) is 6.61 Å². The monoisotopic (exact) mass is 209 g/mol. The van der Waals surface area contributed by atoms with Gasteiger partial charge in [0, 0.05) is 0 Å². The Morgan fingerprint density at radius 1 is 1.64 bits per heavy atom. The van der Waals surface area contributed by atoms with Crippen LogP contribution in [0.4, 0.5) is 0 Å². The van der Waals surface area contributed by atoms with Crippen molar-refractivity contribution < 1.29 is 30.0 Å². The van der Waals surface area contributed by atoms with Crippen LogP contribution in [0.15, 0.2) is 0 Å². The average Bonchev–Trinajstić information content (AvgIpc) is 2.44. The Bertz CT molecular complexity index is 210. The highest BCUT2D eigenvalue weighted by Gasteiger charge is 2.41. The van der Waals surface area contributed by atoms with Gasteiger partial charge in [-0.2, -0.15) is 0 Å². The van der Waals surface area contributed by atoms with Gasteiger partial charge in [-0.25, -0.2) is 0 Å². The lowest BCUT2D eigenvalue weighted by molar-refractivity contribution is -0.771. The van der Waals surface area contributed by atoms with Crippen molar-refractivity contribution in [2.24, 2.45) is 0 Å². The van der Waals surface area contributed by atoms with E-state index in [2.05, 4.69) is 4.84 Å². The topological polar surface area (TPSA) is 122 Å². The maximum absolute atomic E-state index is 9.99. The first-order valence-electron chi connectivity index (χ1n) is 3.96. The minimum Gasteiger partial charge on any atom is -0.394 e. The minimum absolute atomic E-state index is 0.136. The number of rotatable bonds is 4. The number of hydrogen-bond donors (Lipinski definition) is 3. The van der Waals surface area contributed by atoms with Crippen molar-refractivity contribution in [1.29, 1.82) is 0 Å². The second-order valence-electron chi connectivity index (χ2n) is 2.91. The van der Waals surface area contributed by atoms with Crippen LogP contribution in [0.3, 0.4) is 0 Å². The van der Waals surface area contributed by atoms with Gasteiger partial charge in [-0.05, 0) is 0 Å². The third kappa shape index (κ3) is 2.29. The fraction of sp³-hybridized carbons (Fsp3) is 1.00. The predicted octanol–water partition coefficient (Wildman–Crippen LogP) is -2.32. The summed E-state index contributed by atoms with van der Waals surface area (Å²) in [5, 5.41) is 36.0. The molecule has 0 saturated carbocycles. The molecule has 0 unspecified atom stereocenters. The van der Waals surface area contributed by atoms with Crippen LogP contribution in [-0.2, 0) is 9.57 Å². The van der Waals surface area contributed by atoms with Crippen LogP contribution in [0, 0.1) is 10.1 Å². The number of hydrogen-bond acceptors (Lipinski definition) is 7. The van der Waals surface area contributed by atoms with Crippen molar-refractivity contribution in [3.05, 3.63) is 10.1 Å². The Morgan fingerprint density at radius 2 is 2.29 bits per heavy atom. The fourth-order valence-electron chi connectivity index (χ4n) is 1.26. The molecule has 0 aromatic rings. The van der Waals surface area contributed by atoms with E-state index in [1.807, 2.05) is 0 Å². The van der Waals surface area contributed by atoms with E-state index >= 15 is 0 Å². The van der Waals surface area contributed by atoms with E-state index in [4.69, 9.17) is 14.9 Å². The number of aliphatic hydroxyl groups is 3. The van der Waals surface area contributed by atoms with E-state index < -0.39 is 36.1 Å². The van der Waals surface area contributed by atoms with E-state index in [1.165, 1.54) is 0 Å². The lowest BCUT2D eigenvalue weighted by atomic mass is 10.1. The first kappa shape index (κ1) is 11.1. The summed E-state index contributed by atoms with van der Waals surface area (Å²) in [4.78, 5) is 14.1. The Kier molecular flexibility index (Phi) is 3.58. The molecule has 0 amide bonds. The summed E-state index contributed by atoms with van der Waals surface area (Å²) in [5.74, 6) is 0. The second kappa shape index (κ2) is 4.51. The first-order valence-corrected chi connectivity index (χ1v) is 3.96. The Labute approximate surface area is 78.8 Å². The lowest BCUT2D eigenvalue weighted by Crippen LogP contribution is -2.42. The summed E-state index contributed by atoms with van der Waals surface area (Å²) in [5.41, 5.74) is 0. The van der Waals surface area contributed by atoms with Crippen LogP contribution in [0.25, 0.3) is 0 Å². The Morgan fingerprint density at radius 3 is 2.64 bits per heavy atom. The molecule has 1 heterocycles. The van der Waals surface area contributed by atoms with Crippen molar-refractivity contribution in [2.75, 3.05) is 13.2 Å². The zero-order valence-electron chi connectivity index (χ0n) is 7.15. The highest BCUT2D eigenvalue weighted by atomic mass is 17.0. The molecular weight excluding hydrogens is 198 g/mol. The smallest absolute Gasteiger partial charge is 0.294 e. The molecule has 0 aliphatic carbocycles. The molecule has 4 atom stereocenters. The molecule has 1 aliphatic heterocycles. The first-order chi connectivity index (χ1) is 6.56. The maximum atomic E-state index is 9.99. The van der Waals surface area contributed by atoms with Gasteiger partial charge in [-0.3, -0.25) is 0 Å². The quantitative estimate of drug-likeness (QED) is 0.350. The third-order valence-corrected chi connectivity index (χ3v) is 1.96. The van der Waals surface area contributed by atoms with Crippen molar-refractivity contribution in [3.8, 4) is 0 Å². The third-order valence-electron chi connectivity index (χ3n) is 1.96. The molecular formula is C6H11NO7. The highest BCUT2D eigenvalue weighted by Crippen LogP contribution is 2.19. The molecule has 8 heteroatoms. The molecule has 1 saturated heterocycles. The summed E-state index contributed by atoms with van der Waals surface area (Å²) in [6.45, 7) is -0.807.